The van der Waals surface area contributed by atoms with E-state index in [2.05, 4.69) is 19.1 Å². The Morgan fingerprint density at radius 3 is 2.88 bits per heavy atom. The van der Waals surface area contributed by atoms with E-state index in [1.54, 1.807) is 0 Å². The first-order valence-electron chi connectivity index (χ1n) is 6.34. The summed E-state index contributed by atoms with van der Waals surface area (Å²) in [7, 11) is 0. The summed E-state index contributed by atoms with van der Waals surface area (Å²) in [6.45, 7) is 3.52. The van der Waals surface area contributed by atoms with Crippen LogP contribution in [-0.4, -0.2) is 23.4 Å². The Morgan fingerprint density at radius 2 is 2.24 bits per heavy atom. The van der Waals surface area contributed by atoms with Gasteiger partial charge >= 0.3 is 0 Å². The molecule has 3 rings (SSSR count). The molecule has 2 N–H and O–H groups in total. The monoisotopic (exact) mass is 230 g/mol. The van der Waals surface area contributed by atoms with Gasteiger partial charge in [-0.25, -0.2) is 0 Å². The molecule has 1 aliphatic carbocycles. The Bertz CT molecular complexity index is 465. The summed E-state index contributed by atoms with van der Waals surface area (Å²) in [6, 6.07) is 6.75. The highest BCUT2D eigenvalue weighted by atomic mass is 16.2. The summed E-state index contributed by atoms with van der Waals surface area (Å²) in [5.74, 6) is 0.539. The van der Waals surface area contributed by atoms with Gasteiger partial charge in [-0.2, -0.15) is 0 Å². The van der Waals surface area contributed by atoms with Crippen LogP contribution in [0.4, 0.5) is 0 Å². The van der Waals surface area contributed by atoms with Crippen LogP contribution in [0.2, 0.25) is 0 Å². The second-order valence-electron chi connectivity index (χ2n) is 5.22. The van der Waals surface area contributed by atoms with E-state index in [1.165, 1.54) is 24.0 Å². The fourth-order valence-corrected chi connectivity index (χ4v) is 2.46. The Hall–Kier alpha value is -1.35. The quantitative estimate of drug-likeness (QED) is 0.861. The molecule has 1 amide bonds. The summed E-state index contributed by atoms with van der Waals surface area (Å²) in [6.07, 6.45) is 2.34. The topological polar surface area (TPSA) is 46.3 Å². The Morgan fingerprint density at radius 1 is 1.47 bits per heavy atom. The van der Waals surface area contributed by atoms with Gasteiger partial charge in [0.25, 0.3) is 5.91 Å². The fraction of sp³-hybridized carbons (Fsp3) is 0.500. The fourth-order valence-electron chi connectivity index (χ4n) is 2.46. The Balaban J connectivity index is 1.92. The van der Waals surface area contributed by atoms with Gasteiger partial charge in [0.1, 0.15) is 0 Å². The van der Waals surface area contributed by atoms with Crippen LogP contribution in [-0.2, 0) is 6.54 Å². The summed E-state index contributed by atoms with van der Waals surface area (Å²) in [4.78, 5) is 14.3. The number of nitrogens with two attached hydrogens (primary N) is 1. The highest BCUT2D eigenvalue weighted by Crippen LogP contribution is 2.35. The van der Waals surface area contributed by atoms with Gasteiger partial charge in [0.2, 0.25) is 0 Å². The molecule has 0 radical (unpaired) electrons. The molecule has 1 aromatic rings. The molecule has 1 unspecified atom stereocenters. The van der Waals surface area contributed by atoms with Crippen molar-refractivity contribution >= 4 is 5.91 Å². The lowest BCUT2D eigenvalue weighted by atomic mass is 9.97. The van der Waals surface area contributed by atoms with Crippen LogP contribution >= 0.6 is 0 Å². The molecule has 0 bridgehead atoms. The second kappa shape index (κ2) is 3.84. The number of hydrogen-bond acceptors (Lipinski definition) is 2. The smallest absolute Gasteiger partial charge is 0.254 e. The maximum atomic E-state index is 12.2. The second-order valence-corrected chi connectivity index (χ2v) is 5.22. The number of benzene rings is 1. The molecule has 2 aliphatic rings. The minimum atomic E-state index is 0.216. The zero-order valence-electron chi connectivity index (χ0n) is 10.1. The third kappa shape index (κ3) is 1.75. The number of fused-ring (bicyclic) bond motifs is 1. The molecular formula is C14H18N2O. The van der Waals surface area contributed by atoms with Gasteiger partial charge in [0, 0.05) is 18.2 Å². The molecule has 0 aromatic heterocycles. The lowest BCUT2D eigenvalue weighted by Gasteiger charge is -2.13. The van der Waals surface area contributed by atoms with Gasteiger partial charge in [-0.15, -0.1) is 0 Å². The van der Waals surface area contributed by atoms with Gasteiger partial charge in [0.15, 0.2) is 0 Å². The predicted octanol–water partition coefficient (Wildman–Crippen LogP) is 1.87. The summed E-state index contributed by atoms with van der Waals surface area (Å²) in [5, 5.41) is 0. The van der Waals surface area contributed by atoms with Crippen LogP contribution in [0, 0.1) is 0 Å². The van der Waals surface area contributed by atoms with E-state index in [1.807, 2.05) is 11.0 Å². The molecule has 3 nitrogen and oxygen atoms in total. The average molecular weight is 230 g/mol. The standard InChI is InChI=1S/C14H18N2O/c1-9(7-15)10-2-3-11-8-16(12-4-5-12)14(17)13(11)6-10/h2-3,6,9,12H,4-5,7-8,15H2,1H3. The van der Waals surface area contributed by atoms with Crippen molar-refractivity contribution in [3.63, 3.8) is 0 Å². The first-order valence-corrected chi connectivity index (χ1v) is 6.34. The van der Waals surface area contributed by atoms with Gasteiger partial charge in [-0.3, -0.25) is 4.79 Å². The van der Waals surface area contributed by atoms with Crippen molar-refractivity contribution in [3.05, 3.63) is 34.9 Å². The van der Waals surface area contributed by atoms with Crippen molar-refractivity contribution in [2.45, 2.75) is 38.3 Å². The van der Waals surface area contributed by atoms with Gasteiger partial charge in [-0.05, 0) is 42.5 Å². The summed E-state index contributed by atoms with van der Waals surface area (Å²) >= 11 is 0. The number of rotatable bonds is 3. The molecule has 1 heterocycles. The average Bonchev–Trinajstić information content (AvgIpc) is 3.14. The van der Waals surface area contributed by atoms with E-state index in [9.17, 15) is 4.79 Å². The number of carbonyl (C=O) groups excluding carboxylic acids is 1. The molecule has 0 spiro atoms. The molecule has 1 saturated carbocycles. The highest BCUT2D eigenvalue weighted by molar-refractivity contribution is 5.98. The molecule has 1 atom stereocenters. The number of nitrogens with zero attached hydrogens (tertiary/aromatic N) is 1. The van der Waals surface area contributed by atoms with Gasteiger partial charge in [0.05, 0.1) is 0 Å². The van der Waals surface area contributed by atoms with Crippen LogP contribution < -0.4 is 5.73 Å². The molecule has 1 aromatic carbocycles. The van der Waals surface area contributed by atoms with E-state index in [4.69, 9.17) is 5.73 Å². The van der Waals surface area contributed by atoms with Crippen molar-refractivity contribution in [2.24, 2.45) is 5.73 Å². The molecule has 1 fully saturated rings. The Kier molecular flexibility index (Phi) is 2.44. The first kappa shape index (κ1) is 10.8. The maximum Gasteiger partial charge on any atom is 0.254 e. The zero-order chi connectivity index (χ0) is 12.0. The van der Waals surface area contributed by atoms with Crippen molar-refractivity contribution < 1.29 is 4.79 Å². The SMILES string of the molecule is CC(CN)c1ccc2c(c1)C(=O)N(C1CC1)C2. The van der Waals surface area contributed by atoms with E-state index in [-0.39, 0.29) is 5.91 Å². The molecule has 0 saturated heterocycles. The number of carbonyl (C=O) groups is 1. The summed E-state index contributed by atoms with van der Waals surface area (Å²) in [5.41, 5.74) is 8.93. The van der Waals surface area contributed by atoms with Crippen molar-refractivity contribution in [1.29, 1.82) is 0 Å². The van der Waals surface area contributed by atoms with Crippen molar-refractivity contribution in [1.82, 2.24) is 4.90 Å². The van der Waals surface area contributed by atoms with E-state index >= 15 is 0 Å². The zero-order valence-corrected chi connectivity index (χ0v) is 10.1. The van der Waals surface area contributed by atoms with Crippen LogP contribution in [0.15, 0.2) is 18.2 Å². The van der Waals surface area contributed by atoms with Crippen LogP contribution in [0.1, 0.15) is 47.2 Å². The molecule has 90 valence electrons. The van der Waals surface area contributed by atoms with E-state index in [0.717, 1.165) is 12.1 Å². The van der Waals surface area contributed by atoms with E-state index < -0.39 is 0 Å². The molecule has 1 aliphatic heterocycles. The lowest BCUT2D eigenvalue weighted by Crippen LogP contribution is -2.25. The largest absolute Gasteiger partial charge is 0.331 e. The van der Waals surface area contributed by atoms with Crippen LogP contribution in [0.5, 0.6) is 0 Å². The van der Waals surface area contributed by atoms with Crippen LogP contribution in [0.25, 0.3) is 0 Å². The van der Waals surface area contributed by atoms with E-state index in [0.29, 0.717) is 18.5 Å². The predicted molar refractivity (Wildman–Crippen MR) is 66.8 cm³/mol. The number of hydrogen-bond donors (Lipinski definition) is 1. The molecule has 17 heavy (non-hydrogen) atoms. The number of amides is 1. The Labute approximate surface area is 102 Å². The summed E-state index contributed by atoms with van der Waals surface area (Å²) < 4.78 is 0. The molecular weight excluding hydrogens is 212 g/mol. The lowest BCUT2D eigenvalue weighted by molar-refractivity contribution is 0.0766. The maximum absolute atomic E-state index is 12.2. The van der Waals surface area contributed by atoms with Crippen molar-refractivity contribution in [3.8, 4) is 0 Å². The molecule has 3 heteroatoms. The third-order valence-corrected chi connectivity index (χ3v) is 3.88. The minimum absolute atomic E-state index is 0.216. The van der Waals surface area contributed by atoms with Gasteiger partial charge < -0.3 is 10.6 Å². The first-order chi connectivity index (χ1) is 8.20. The van der Waals surface area contributed by atoms with Gasteiger partial charge in [-0.1, -0.05) is 19.1 Å². The normalized spacial score (nSPS) is 20.6. The minimum Gasteiger partial charge on any atom is -0.331 e. The highest BCUT2D eigenvalue weighted by Gasteiger charge is 2.38. The third-order valence-electron chi connectivity index (χ3n) is 3.88. The van der Waals surface area contributed by atoms with Crippen molar-refractivity contribution in [2.75, 3.05) is 6.54 Å². The van der Waals surface area contributed by atoms with Crippen LogP contribution in [0.3, 0.4) is 0 Å².